The predicted molar refractivity (Wildman–Crippen MR) is 209 cm³/mol. The van der Waals surface area contributed by atoms with E-state index in [1.807, 2.05) is 6.07 Å². The summed E-state index contributed by atoms with van der Waals surface area (Å²) in [6.07, 6.45) is -10.6. The van der Waals surface area contributed by atoms with Crippen molar-refractivity contribution in [3.8, 4) is 22.6 Å². The molecule has 3 aliphatic rings. The van der Waals surface area contributed by atoms with E-state index in [2.05, 4.69) is 0 Å². The van der Waals surface area contributed by atoms with Gasteiger partial charge in [-0.1, -0.05) is 18.2 Å². The lowest BCUT2D eigenvalue weighted by molar-refractivity contribution is -0.345. The van der Waals surface area contributed by atoms with Gasteiger partial charge in [0, 0.05) is 61.8 Å². The van der Waals surface area contributed by atoms with Crippen molar-refractivity contribution in [2.75, 3.05) is 13.2 Å². The average Bonchev–Trinajstić information content (AvgIpc) is 3.17. The Bertz CT molecular complexity index is 2080. The zero-order chi connectivity index (χ0) is 46.4. The minimum Gasteiger partial charge on any atom is -0.463 e. The summed E-state index contributed by atoms with van der Waals surface area (Å²) >= 11 is 0. The van der Waals surface area contributed by atoms with Gasteiger partial charge in [0.05, 0.1) is 0 Å². The van der Waals surface area contributed by atoms with Crippen LogP contribution in [0.5, 0.6) is 11.5 Å². The molecule has 20 heteroatoms. The van der Waals surface area contributed by atoms with E-state index in [4.69, 9.17) is 56.8 Å². The van der Waals surface area contributed by atoms with Crippen LogP contribution in [0.1, 0.15) is 74.3 Å². The first-order valence-corrected chi connectivity index (χ1v) is 19.9. The molecule has 2 fully saturated rings. The van der Waals surface area contributed by atoms with Gasteiger partial charge in [0.25, 0.3) is 5.79 Å². The lowest BCUT2D eigenvalue weighted by atomic mass is 9.85. The summed E-state index contributed by atoms with van der Waals surface area (Å²) in [7, 11) is 0. The molecule has 0 amide bonds. The van der Waals surface area contributed by atoms with Crippen molar-refractivity contribution < 1.29 is 95.2 Å². The quantitative estimate of drug-likeness (QED) is 0.207. The Labute approximate surface area is 361 Å². The monoisotopic (exact) mass is 886 g/mol. The number of benzene rings is 2. The highest BCUT2D eigenvalue weighted by molar-refractivity contribution is 5.71. The van der Waals surface area contributed by atoms with Crippen molar-refractivity contribution in [1.82, 2.24) is 0 Å². The summed E-state index contributed by atoms with van der Waals surface area (Å²) in [4.78, 5) is 97.6. The van der Waals surface area contributed by atoms with E-state index in [0.29, 0.717) is 11.3 Å². The number of hydrogen-bond donors (Lipinski definition) is 0. The average molecular weight is 887 g/mol. The van der Waals surface area contributed by atoms with Crippen molar-refractivity contribution >= 4 is 47.8 Å². The molecule has 10 atom stereocenters. The van der Waals surface area contributed by atoms with E-state index in [0.717, 1.165) is 52.7 Å². The Hall–Kier alpha value is -6.28. The van der Waals surface area contributed by atoms with E-state index in [1.54, 1.807) is 36.4 Å². The molecule has 10 unspecified atom stereocenters. The van der Waals surface area contributed by atoms with Crippen LogP contribution in [0.3, 0.4) is 0 Å². The lowest BCUT2D eigenvalue weighted by Crippen LogP contribution is -2.70. The van der Waals surface area contributed by atoms with E-state index in [9.17, 15) is 38.4 Å². The molecular formula is C43H50O20. The normalized spacial score (nSPS) is 28.4. The number of hydrogen-bond acceptors (Lipinski definition) is 20. The van der Waals surface area contributed by atoms with Crippen molar-refractivity contribution in [1.29, 1.82) is 0 Å². The highest BCUT2D eigenvalue weighted by Crippen LogP contribution is 2.45. The first-order valence-electron chi connectivity index (χ1n) is 19.9. The Kier molecular flexibility index (Phi) is 15.0. The molecule has 0 aliphatic carbocycles. The van der Waals surface area contributed by atoms with E-state index in [1.165, 1.54) is 20.8 Å². The second kappa shape index (κ2) is 19.8. The third-order valence-electron chi connectivity index (χ3n) is 10.0. The Morgan fingerprint density at radius 2 is 1.11 bits per heavy atom. The van der Waals surface area contributed by atoms with Crippen molar-refractivity contribution in [2.45, 2.75) is 136 Å². The maximum Gasteiger partial charge on any atom is 0.303 e. The number of carbonyl (C=O) groups is 8. The van der Waals surface area contributed by atoms with Gasteiger partial charge in [0.15, 0.2) is 24.4 Å². The highest BCUT2D eigenvalue weighted by atomic mass is 16.8. The molecule has 0 bridgehead atoms. The van der Waals surface area contributed by atoms with Gasteiger partial charge in [-0.3, -0.25) is 38.4 Å². The van der Waals surface area contributed by atoms with Crippen LogP contribution in [0.4, 0.5) is 0 Å². The Balaban J connectivity index is 1.44. The van der Waals surface area contributed by atoms with Gasteiger partial charge < -0.3 is 56.8 Å². The van der Waals surface area contributed by atoms with Crippen LogP contribution in [0.25, 0.3) is 11.1 Å². The van der Waals surface area contributed by atoms with Gasteiger partial charge in [0.2, 0.25) is 18.0 Å². The third kappa shape index (κ3) is 11.6. The van der Waals surface area contributed by atoms with Gasteiger partial charge in [0.1, 0.15) is 36.9 Å². The summed E-state index contributed by atoms with van der Waals surface area (Å²) in [5.41, 5.74) is 0.276. The SMILES string of the molecule is CC(=O)OCC1OC2(CCc3cc(-c4ccc(OC5OC(COC(C)=O)C(OC(C)=O)C(OC(C)=O)C5(C)OC(C)=O)cc4)ccc3O2)C(OC(C)=O)C(OC(C)=O)C1OC(C)=O. The Morgan fingerprint density at radius 3 is 1.67 bits per heavy atom. The largest absolute Gasteiger partial charge is 0.463 e. The topological polar surface area (TPSA) is 247 Å². The molecule has 20 nitrogen and oxygen atoms in total. The van der Waals surface area contributed by atoms with Gasteiger partial charge in [-0.05, 0) is 54.3 Å². The lowest BCUT2D eigenvalue weighted by Gasteiger charge is -2.52. The summed E-state index contributed by atoms with van der Waals surface area (Å²) < 4.78 is 69.2. The number of aryl methyl sites for hydroxylation is 1. The molecule has 3 aliphatic heterocycles. The molecular weight excluding hydrogens is 836 g/mol. The smallest absolute Gasteiger partial charge is 0.303 e. The molecule has 0 saturated carbocycles. The number of ether oxygens (including phenoxy) is 12. The maximum absolute atomic E-state index is 12.5. The van der Waals surface area contributed by atoms with Crippen molar-refractivity contribution in [2.24, 2.45) is 0 Å². The first-order chi connectivity index (χ1) is 29.6. The standard InChI is InChI=1S/C43H50O20/c1-21(44)52-19-34-37(55-24(4)47)39(57-26(6)49)42(9,61-28(8)51)41(60-34)59-32-13-10-29(11-14-32)30-12-15-33-31(18-30)16-17-43(62-33)40(58-27(7)50)38(56-25(5)48)36(54-23(3)46)35(63-43)20-53-22(2)45/h10-15,18,34-41H,16-17,19-20H2,1-9H3. The van der Waals surface area contributed by atoms with E-state index < -0.39 is 121 Å². The molecule has 0 aromatic heterocycles. The van der Waals surface area contributed by atoms with Crippen molar-refractivity contribution in [3.63, 3.8) is 0 Å². The first kappa shape index (κ1) is 47.8. The third-order valence-corrected chi connectivity index (χ3v) is 10.0. The van der Waals surface area contributed by atoms with Crippen LogP contribution in [-0.2, 0) is 92.1 Å². The van der Waals surface area contributed by atoms with E-state index in [-0.39, 0.29) is 18.6 Å². The minimum absolute atomic E-state index is 0.0445. The molecule has 3 heterocycles. The fourth-order valence-electron chi connectivity index (χ4n) is 7.69. The molecule has 2 aromatic carbocycles. The summed E-state index contributed by atoms with van der Waals surface area (Å²) in [5, 5.41) is 0. The van der Waals surface area contributed by atoms with Crippen LogP contribution in [-0.4, -0.2) is 121 Å². The van der Waals surface area contributed by atoms with Crippen LogP contribution >= 0.6 is 0 Å². The highest BCUT2D eigenvalue weighted by Gasteiger charge is 2.63. The van der Waals surface area contributed by atoms with Crippen LogP contribution in [0.2, 0.25) is 0 Å². The van der Waals surface area contributed by atoms with Gasteiger partial charge in [-0.15, -0.1) is 0 Å². The zero-order valence-corrected chi connectivity index (χ0v) is 36.2. The number of fused-ring (bicyclic) bond motifs is 1. The van der Waals surface area contributed by atoms with Crippen molar-refractivity contribution in [3.05, 3.63) is 48.0 Å². The molecule has 2 saturated heterocycles. The fourth-order valence-corrected chi connectivity index (χ4v) is 7.69. The van der Waals surface area contributed by atoms with Gasteiger partial charge >= 0.3 is 47.8 Å². The maximum atomic E-state index is 12.5. The molecule has 2 aromatic rings. The fraction of sp³-hybridized carbons (Fsp3) is 0.535. The molecule has 342 valence electrons. The summed E-state index contributed by atoms with van der Waals surface area (Å²) in [5.74, 6) is -7.23. The summed E-state index contributed by atoms with van der Waals surface area (Å²) in [6.45, 7) is 9.66. The Morgan fingerprint density at radius 1 is 0.587 bits per heavy atom. The van der Waals surface area contributed by atoms with Crippen LogP contribution < -0.4 is 9.47 Å². The number of rotatable bonds is 13. The second-order valence-corrected chi connectivity index (χ2v) is 15.2. The van der Waals surface area contributed by atoms with Crippen LogP contribution in [0.15, 0.2) is 42.5 Å². The predicted octanol–water partition coefficient (Wildman–Crippen LogP) is 2.98. The van der Waals surface area contributed by atoms with Gasteiger partial charge in [-0.2, -0.15) is 0 Å². The molecule has 0 N–H and O–H groups in total. The molecule has 5 rings (SSSR count). The van der Waals surface area contributed by atoms with E-state index >= 15 is 0 Å². The number of carbonyl (C=O) groups excluding carboxylic acids is 8. The van der Waals surface area contributed by atoms with Crippen LogP contribution in [0, 0.1) is 0 Å². The second-order valence-electron chi connectivity index (χ2n) is 15.2. The molecule has 1 spiro atoms. The minimum atomic E-state index is -1.89. The van der Waals surface area contributed by atoms with Gasteiger partial charge in [-0.25, -0.2) is 0 Å². The zero-order valence-electron chi connectivity index (χ0n) is 36.2. The number of esters is 8. The molecule has 0 radical (unpaired) electrons. The summed E-state index contributed by atoms with van der Waals surface area (Å²) in [6, 6.07) is 12.0. The molecule has 63 heavy (non-hydrogen) atoms.